The second-order valence-corrected chi connectivity index (χ2v) is 4.04. The summed E-state index contributed by atoms with van der Waals surface area (Å²) in [6.07, 6.45) is 0. The van der Waals surface area contributed by atoms with Gasteiger partial charge in [0.2, 0.25) is 0 Å². The van der Waals surface area contributed by atoms with Gasteiger partial charge >= 0.3 is 6.03 Å². The predicted molar refractivity (Wildman–Crippen MR) is 62.9 cm³/mol. The van der Waals surface area contributed by atoms with Gasteiger partial charge in [0.1, 0.15) is 0 Å². The van der Waals surface area contributed by atoms with Gasteiger partial charge in [0.25, 0.3) is 0 Å². The van der Waals surface area contributed by atoms with E-state index in [1.54, 1.807) is 18.4 Å². The quantitative estimate of drug-likeness (QED) is 0.439. The summed E-state index contributed by atoms with van der Waals surface area (Å²) >= 11 is 1.61. The molecule has 0 saturated heterocycles. The number of carbonyl (C=O) groups is 1. The minimum absolute atomic E-state index is 0.321. The first kappa shape index (κ1) is 9.95. The summed E-state index contributed by atoms with van der Waals surface area (Å²) in [4.78, 5) is 12.8. The van der Waals surface area contributed by atoms with Crippen LogP contribution in [0.3, 0.4) is 0 Å². The summed E-state index contributed by atoms with van der Waals surface area (Å²) in [5.74, 6) is 5.09. The zero-order chi connectivity index (χ0) is 10.8. The molecule has 0 unspecified atom stereocenters. The van der Waals surface area contributed by atoms with Crippen LogP contribution in [-0.4, -0.2) is 13.1 Å². The van der Waals surface area contributed by atoms with E-state index in [4.69, 9.17) is 5.84 Å². The average molecular weight is 221 g/mol. The van der Waals surface area contributed by atoms with E-state index < -0.39 is 0 Å². The van der Waals surface area contributed by atoms with Crippen molar-refractivity contribution in [2.75, 3.05) is 11.9 Å². The molecule has 0 aliphatic carbocycles. The number of nitrogens with one attached hydrogen (secondary N) is 1. The predicted octanol–water partition coefficient (Wildman–Crippen LogP) is 1.92. The lowest BCUT2D eigenvalue weighted by Crippen LogP contribution is -2.41. The van der Waals surface area contributed by atoms with Crippen molar-refractivity contribution < 1.29 is 4.79 Å². The molecule has 2 aromatic rings. The van der Waals surface area contributed by atoms with Gasteiger partial charge < -0.3 is 0 Å². The molecule has 0 radical (unpaired) electrons. The monoisotopic (exact) mass is 221 g/mol. The van der Waals surface area contributed by atoms with Crippen molar-refractivity contribution in [2.45, 2.75) is 0 Å². The molecule has 78 valence electrons. The van der Waals surface area contributed by atoms with E-state index in [1.165, 1.54) is 4.90 Å². The van der Waals surface area contributed by atoms with E-state index >= 15 is 0 Å². The second kappa shape index (κ2) is 3.88. The van der Waals surface area contributed by atoms with Gasteiger partial charge in [-0.15, -0.1) is 11.3 Å². The third-order valence-corrected chi connectivity index (χ3v) is 3.20. The number of benzene rings is 1. The Morgan fingerprint density at radius 3 is 2.93 bits per heavy atom. The molecule has 0 fully saturated rings. The molecular formula is C10H11N3OS. The van der Waals surface area contributed by atoms with E-state index in [-0.39, 0.29) is 6.03 Å². The fraction of sp³-hybridized carbons (Fsp3) is 0.100. The van der Waals surface area contributed by atoms with Gasteiger partial charge in [0.05, 0.1) is 5.69 Å². The first-order valence-corrected chi connectivity index (χ1v) is 5.32. The lowest BCUT2D eigenvalue weighted by Gasteiger charge is -2.14. The Bertz CT molecular complexity index is 494. The van der Waals surface area contributed by atoms with Crippen molar-refractivity contribution in [2.24, 2.45) is 5.84 Å². The molecule has 0 bridgehead atoms. The van der Waals surface area contributed by atoms with Gasteiger partial charge in [-0.1, -0.05) is 18.2 Å². The summed E-state index contributed by atoms with van der Waals surface area (Å²) in [5.41, 5.74) is 2.98. The van der Waals surface area contributed by atoms with E-state index in [2.05, 4.69) is 5.43 Å². The van der Waals surface area contributed by atoms with Crippen molar-refractivity contribution in [3.05, 3.63) is 29.6 Å². The molecule has 0 spiro atoms. The van der Waals surface area contributed by atoms with Crippen LogP contribution in [0.25, 0.3) is 10.1 Å². The minimum atomic E-state index is -0.321. The Kier molecular flexibility index (Phi) is 2.57. The maximum absolute atomic E-state index is 11.3. The van der Waals surface area contributed by atoms with E-state index in [0.717, 1.165) is 15.8 Å². The number of anilines is 1. The van der Waals surface area contributed by atoms with Crippen LogP contribution in [-0.2, 0) is 0 Å². The molecule has 0 atom stereocenters. The molecule has 0 aliphatic rings. The summed E-state index contributed by atoms with van der Waals surface area (Å²) in [5, 5.41) is 3.01. The summed E-state index contributed by atoms with van der Waals surface area (Å²) < 4.78 is 1.16. The molecule has 0 aliphatic heterocycles. The largest absolute Gasteiger partial charge is 0.335 e. The van der Waals surface area contributed by atoms with Gasteiger partial charge in [-0.3, -0.25) is 10.3 Å². The van der Waals surface area contributed by atoms with Crippen molar-refractivity contribution >= 4 is 33.1 Å². The second-order valence-electron chi connectivity index (χ2n) is 3.13. The first-order chi connectivity index (χ1) is 7.24. The van der Waals surface area contributed by atoms with Gasteiger partial charge in [-0.05, 0) is 6.07 Å². The standard InChI is InChI=1S/C10H11N3OS/c1-13(10(14)12-11)8-6-15-9-5-3-2-4-7(8)9/h2-6H,11H2,1H3,(H,12,14). The fourth-order valence-electron chi connectivity index (χ4n) is 1.43. The van der Waals surface area contributed by atoms with Crippen LogP contribution in [0.4, 0.5) is 10.5 Å². The van der Waals surface area contributed by atoms with E-state index in [9.17, 15) is 4.79 Å². The van der Waals surface area contributed by atoms with Crippen molar-refractivity contribution in [1.82, 2.24) is 5.43 Å². The number of hydrogen-bond acceptors (Lipinski definition) is 3. The molecule has 15 heavy (non-hydrogen) atoms. The maximum atomic E-state index is 11.3. The average Bonchev–Trinajstić information content (AvgIpc) is 2.70. The van der Waals surface area contributed by atoms with Gasteiger partial charge in [0, 0.05) is 22.5 Å². The maximum Gasteiger partial charge on any atom is 0.335 e. The van der Waals surface area contributed by atoms with Crippen LogP contribution in [0.1, 0.15) is 0 Å². The fourth-order valence-corrected chi connectivity index (χ4v) is 2.41. The van der Waals surface area contributed by atoms with E-state index in [1.807, 2.05) is 29.6 Å². The number of fused-ring (bicyclic) bond motifs is 1. The zero-order valence-corrected chi connectivity index (χ0v) is 9.04. The molecule has 2 rings (SSSR count). The topological polar surface area (TPSA) is 58.4 Å². The number of nitrogens with two attached hydrogens (primary N) is 1. The Balaban J connectivity index is 2.48. The van der Waals surface area contributed by atoms with Gasteiger partial charge in [-0.2, -0.15) is 0 Å². The normalized spacial score (nSPS) is 10.3. The number of rotatable bonds is 1. The molecule has 0 saturated carbocycles. The molecule has 4 nitrogen and oxygen atoms in total. The molecule has 1 heterocycles. The Morgan fingerprint density at radius 2 is 2.20 bits per heavy atom. The van der Waals surface area contributed by atoms with Crippen LogP contribution in [0.5, 0.6) is 0 Å². The number of hydrazine groups is 1. The molecule has 3 N–H and O–H groups in total. The number of thiophene rings is 1. The third-order valence-electron chi connectivity index (χ3n) is 2.25. The Hall–Kier alpha value is -1.59. The third kappa shape index (κ3) is 1.67. The van der Waals surface area contributed by atoms with Crippen LogP contribution in [0.2, 0.25) is 0 Å². The minimum Gasteiger partial charge on any atom is -0.295 e. The van der Waals surface area contributed by atoms with Crippen LogP contribution in [0, 0.1) is 0 Å². The summed E-state index contributed by atoms with van der Waals surface area (Å²) in [7, 11) is 1.69. The first-order valence-electron chi connectivity index (χ1n) is 4.44. The molecule has 1 aromatic heterocycles. The van der Waals surface area contributed by atoms with Crippen molar-refractivity contribution in [1.29, 1.82) is 0 Å². The smallest absolute Gasteiger partial charge is 0.295 e. The lowest BCUT2D eigenvalue weighted by atomic mass is 10.2. The van der Waals surface area contributed by atoms with Crippen molar-refractivity contribution in [3.63, 3.8) is 0 Å². The summed E-state index contributed by atoms with van der Waals surface area (Å²) in [6, 6.07) is 7.62. The van der Waals surface area contributed by atoms with Crippen LogP contribution in [0.15, 0.2) is 29.6 Å². The zero-order valence-electron chi connectivity index (χ0n) is 8.23. The van der Waals surface area contributed by atoms with Gasteiger partial charge in [-0.25, -0.2) is 10.6 Å². The van der Waals surface area contributed by atoms with Gasteiger partial charge in [0.15, 0.2) is 0 Å². The number of carbonyl (C=O) groups excluding carboxylic acids is 1. The number of urea groups is 1. The number of amides is 2. The van der Waals surface area contributed by atoms with Crippen molar-refractivity contribution in [3.8, 4) is 0 Å². The summed E-state index contributed by atoms with van der Waals surface area (Å²) in [6.45, 7) is 0. The van der Waals surface area contributed by atoms with E-state index in [0.29, 0.717) is 0 Å². The Labute approximate surface area is 91.3 Å². The lowest BCUT2D eigenvalue weighted by molar-refractivity contribution is 0.248. The molecule has 2 amide bonds. The Morgan fingerprint density at radius 1 is 1.47 bits per heavy atom. The van der Waals surface area contributed by atoms with Crippen LogP contribution >= 0.6 is 11.3 Å². The highest BCUT2D eigenvalue weighted by atomic mass is 32.1. The van der Waals surface area contributed by atoms with Crippen LogP contribution < -0.4 is 16.2 Å². The molecule has 5 heteroatoms. The number of hydrogen-bond donors (Lipinski definition) is 2. The molecular weight excluding hydrogens is 210 g/mol. The highest BCUT2D eigenvalue weighted by molar-refractivity contribution is 7.17. The highest BCUT2D eigenvalue weighted by Crippen LogP contribution is 2.31. The SMILES string of the molecule is CN(C(=O)NN)c1csc2ccccc12. The highest BCUT2D eigenvalue weighted by Gasteiger charge is 2.13. The molecule has 1 aromatic carbocycles. The number of nitrogens with zero attached hydrogens (tertiary/aromatic N) is 1.